The van der Waals surface area contributed by atoms with Crippen molar-refractivity contribution in [3.8, 4) is 5.69 Å². The summed E-state index contributed by atoms with van der Waals surface area (Å²) in [6.07, 6.45) is 2.22. The number of thioether (sulfide) groups is 1. The molecule has 3 unspecified atom stereocenters. The zero-order chi connectivity index (χ0) is 13.2. The summed E-state index contributed by atoms with van der Waals surface area (Å²) in [6.45, 7) is 2.21. The van der Waals surface area contributed by atoms with Gasteiger partial charge < -0.3 is 5.73 Å². The Bertz CT molecular complexity index is 541. The van der Waals surface area contributed by atoms with Gasteiger partial charge in [-0.05, 0) is 41.3 Å². The minimum Gasteiger partial charge on any atom is -0.327 e. The van der Waals surface area contributed by atoms with Gasteiger partial charge in [-0.2, -0.15) is 4.68 Å². The fourth-order valence-electron chi connectivity index (χ4n) is 2.44. The zero-order valence-electron chi connectivity index (χ0n) is 10.8. The third-order valence-electron chi connectivity index (χ3n) is 3.74. The molecule has 0 aliphatic heterocycles. The Hall–Kier alpha value is -1.40. The lowest BCUT2D eigenvalue weighted by molar-refractivity contribution is 0.534. The molecule has 1 aromatic heterocycles. The molecule has 1 fully saturated rings. The number of benzene rings is 1. The summed E-state index contributed by atoms with van der Waals surface area (Å²) < 4.78 is 1.79. The van der Waals surface area contributed by atoms with Gasteiger partial charge in [0.1, 0.15) is 0 Å². The van der Waals surface area contributed by atoms with Crippen molar-refractivity contribution in [1.82, 2.24) is 20.2 Å². The van der Waals surface area contributed by atoms with Crippen LogP contribution >= 0.6 is 11.8 Å². The third kappa shape index (κ3) is 2.50. The van der Waals surface area contributed by atoms with Crippen molar-refractivity contribution in [2.75, 3.05) is 0 Å². The number of nitrogens with two attached hydrogens (primary N) is 1. The highest BCUT2D eigenvalue weighted by Crippen LogP contribution is 2.37. The Morgan fingerprint density at radius 2 is 2.05 bits per heavy atom. The van der Waals surface area contributed by atoms with Gasteiger partial charge in [0.25, 0.3) is 0 Å². The van der Waals surface area contributed by atoms with Crippen LogP contribution in [0.4, 0.5) is 0 Å². The monoisotopic (exact) mass is 275 g/mol. The summed E-state index contributed by atoms with van der Waals surface area (Å²) in [7, 11) is 0. The maximum absolute atomic E-state index is 6.07. The highest BCUT2D eigenvalue weighted by Gasteiger charge is 2.32. The molecule has 1 aliphatic rings. The van der Waals surface area contributed by atoms with Gasteiger partial charge in [0.05, 0.1) is 5.69 Å². The molecular weight excluding hydrogens is 258 g/mol. The van der Waals surface area contributed by atoms with E-state index in [2.05, 4.69) is 22.4 Å². The number of para-hydroxylation sites is 1. The number of rotatable bonds is 3. The van der Waals surface area contributed by atoms with Crippen molar-refractivity contribution in [3.05, 3.63) is 30.3 Å². The first-order valence-electron chi connectivity index (χ1n) is 6.52. The molecule has 100 valence electrons. The number of tetrazole rings is 1. The van der Waals surface area contributed by atoms with E-state index in [1.54, 1.807) is 16.4 Å². The van der Waals surface area contributed by atoms with Crippen LogP contribution in [-0.4, -0.2) is 31.5 Å². The molecule has 2 aromatic rings. The second-order valence-corrected chi connectivity index (χ2v) is 6.17. The number of hydrogen-bond donors (Lipinski definition) is 1. The lowest BCUT2D eigenvalue weighted by atomic mass is 10.1. The molecule has 19 heavy (non-hydrogen) atoms. The van der Waals surface area contributed by atoms with Gasteiger partial charge in [-0.15, -0.1) is 5.10 Å². The molecule has 5 nitrogen and oxygen atoms in total. The van der Waals surface area contributed by atoms with Crippen molar-refractivity contribution in [2.45, 2.75) is 36.2 Å². The Morgan fingerprint density at radius 3 is 2.74 bits per heavy atom. The predicted molar refractivity (Wildman–Crippen MR) is 75.2 cm³/mol. The topological polar surface area (TPSA) is 69.6 Å². The van der Waals surface area contributed by atoms with Crippen molar-refractivity contribution in [3.63, 3.8) is 0 Å². The first kappa shape index (κ1) is 12.6. The first-order valence-corrected chi connectivity index (χ1v) is 7.39. The smallest absolute Gasteiger partial charge is 0.214 e. The number of hydrogen-bond acceptors (Lipinski definition) is 5. The molecule has 1 aliphatic carbocycles. The lowest BCUT2D eigenvalue weighted by Crippen LogP contribution is -2.26. The fraction of sp³-hybridized carbons (Fsp3) is 0.462. The van der Waals surface area contributed by atoms with Crippen LogP contribution in [-0.2, 0) is 0 Å². The largest absolute Gasteiger partial charge is 0.327 e. The Labute approximate surface area is 116 Å². The molecule has 1 saturated carbocycles. The van der Waals surface area contributed by atoms with Crippen molar-refractivity contribution in [1.29, 1.82) is 0 Å². The number of aromatic nitrogens is 4. The van der Waals surface area contributed by atoms with Crippen LogP contribution in [0.25, 0.3) is 5.69 Å². The molecule has 3 atom stereocenters. The van der Waals surface area contributed by atoms with E-state index < -0.39 is 0 Å². The van der Waals surface area contributed by atoms with Crippen molar-refractivity contribution in [2.24, 2.45) is 11.7 Å². The van der Waals surface area contributed by atoms with Gasteiger partial charge in [0.15, 0.2) is 0 Å². The third-order valence-corrected chi connectivity index (χ3v) is 5.18. The van der Waals surface area contributed by atoms with E-state index in [0.717, 1.165) is 23.7 Å². The molecule has 6 heteroatoms. The van der Waals surface area contributed by atoms with Crippen LogP contribution in [0.3, 0.4) is 0 Å². The summed E-state index contributed by atoms with van der Waals surface area (Å²) in [5.74, 6) is 0.505. The Kier molecular flexibility index (Phi) is 3.52. The normalized spacial score (nSPS) is 26.7. The summed E-state index contributed by atoms with van der Waals surface area (Å²) in [4.78, 5) is 0. The van der Waals surface area contributed by atoms with E-state index in [-0.39, 0.29) is 0 Å². The minimum absolute atomic E-state index is 0.304. The summed E-state index contributed by atoms with van der Waals surface area (Å²) in [6, 6.07) is 10.3. The van der Waals surface area contributed by atoms with Gasteiger partial charge in [-0.1, -0.05) is 36.9 Å². The molecule has 1 aromatic carbocycles. The highest BCUT2D eigenvalue weighted by atomic mass is 32.2. The SMILES string of the molecule is CC1C(N)CCC1Sc1nnnn1-c1ccccc1. The minimum atomic E-state index is 0.304. The van der Waals surface area contributed by atoms with E-state index in [1.165, 1.54) is 0 Å². The summed E-state index contributed by atoms with van der Waals surface area (Å²) in [5, 5.41) is 13.4. The molecule has 3 rings (SSSR count). The van der Waals surface area contributed by atoms with Crippen LogP contribution in [0.2, 0.25) is 0 Å². The van der Waals surface area contributed by atoms with Gasteiger partial charge in [-0.3, -0.25) is 0 Å². The molecule has 1 heterocycles. The van der Waals surface area contributed by atoms with Gasteiger partial charge in [0.2, 0.25) is 5.16 Å². The summed E-state index contributed by atoms with van der Waals surface area (Å²) in [5.41, 5.74) is 7.07. The van der Waals surface area contributed by atoms with Gasteiger partial charge in [-0.25, -0.2) is 0 Å². The molecule has 0 amide bonds. The van der Waals surface area contributed by atoms with E-state index in [9.17, 15) is 0 Å². The average molecular weight is 275 g/mol. The highest BCUT2D eigenvalue weighted by molar-refractivity contribution is 7.99. The predicted octanol–water partition coefficient (Wildman–Crippen LogP) is 1.88. The van der Waals surface area contributed by atoms with Crippen LogP contribution in [0, 0.1) is 5.92 Å². The van der Waals surface area contributed by atoms with Crippen LogP contribution in [0.1, 0.15) is 19.8 Å². The quantitative estimate of drug-likeness (QED) is 0.926. The van der Waals surface area contributed by atoms with Crippen LogP contribution in [0.15, 0.2) is 35.5 Å². The second kappa shape index (κ2) is 5.30. The number of nitrogens with zero attached hydrogens (tertiary/aromatic N) is 4. The van der Waals surface area contributed by atoms with E-state index >= 15 is 0 Å². The van der Waals surface area contributed by atoms with Gasteiger partial charge in [0, 0.05) is 11.3 Å². The van der Waals surface area contributed by atoms with Crippen LogP contribution in [0.5, 0.6) is 0 Å². The maximum atomic E-state index is 6.07. The van der Waals surface area contributed by atoms with E-state index in [1.807, 2.05) is 30.3 Å². The Morgan fingerprint density at radius 1 is 1.26 bits per heavy atom. The van der Waals surface area contributed by atoms with Crippen molar-refractivity contribution >= 4 is 11.8 Å². The molecule has 2 N–H and O–H groups in total. The standard InChI is InChI=1S/C13H17N5S/c1-9-11(14)7-8-12(9)19-13-15-16-17-18(13)10-5-3-2-4-6-10/h2-6,9,11-12H,7-8,14H2,1H3. The fourth-order valence-corrected chi connectivity index (χ4v) is 3.71. The molecule has 0 radical (unpaired) electrons. The molecule has 0 spiro atoms. The van der Waals surface area contributed by atoms with E-state index in [4.69, 9.17) is 5.73 Å². The zero-order valence-corrected chi connectivity index (χ0v) is 11.6. The Balaban J connectivity index is 1.82. The van der Waals surface area contributed by atoms with Gasteiger partial charge >= 0.3 is 0 Å². The summed E-state index contributed by atoms with van der Waals surface area (Å²) >= 11 is 1.74. The average Bonchev–Trinajstić information content (AvgIpc) is 3.02. The molecular formula is C13H17N5S. The lowest BCUT2D eigenvalue weighted by Gasteiger charge is -2.16. The molecule has 0 bridgehead atoms. The second-order valence-electron chi connectivity index (χ2n) is 4.97. The van der Waals surface area contributed by atoms with Crippen LogP contribution < -0.4 is 5.73 Å². The van der Waals surface area contributed by atoms with Crippen molar-refractivity contribution < 1.29 is 0 Å². The first-order chi connectivity index (χ1) is 9.25. The molecule has 0 saturated heterocycles. The maximum Gasteiger partial charge on any atom is 0.214 e. The van der Waals surface area contributed by atoms with E-state index in [0.29, 0.717) is 17.2 Å².